The lowest BCUT2D eigenvalue weighted by Crippen LogP contribution is -2.27. The largest absolute Gasteiger partial charge is 0.315 e. The van der Waals surface area contributed by atoms with Crippen molar-refractivity contribution < 1.29 is 0 Å². The third kappa shape index (κ3) is 4.16. The minimum absolute atomic E-state index is 0. The van der Waals surface area contributed by atoms with Crippen LogP contribution < -0.4 is 5.32 Å². The quantitative estimate of drug-likeness (QED) is 0.826. The average Bonchev–Trinajstić information content (AvgIpc) is 2.48. The van der Waals surface area contributed by atoms with Crippen molar-refractivity contribution in [2.75, 3.05) is 26.2 Å². The maximum Gasteiger partial charge on any atom is 0.0312 e. The fraction of sp³-hybridized carbons (Fsp3) is 0.545. The molecule has 3 nitrogen and oxygen atoms in total. The summed E-state index contributed by atoms with van der Waals surface area (Å²) in [4.78, 5) is 6.61. The van der Waals surface area contributed by atoms with Crippen LogP contribution in [0.15, 0.2) is 24.5 Å². The van der Waals surface area contributed by atoms with Crippen LogP contribution in [-0.4, -0.2) is 36.1 Å². The van der Waals surface area contributed by atoms with Gasteiger partial charge in [0.2, 0.25) is 0 Å². The Morgan fingerprint density at radius 1 is 1.33 bits per heavy atom. The molecular formula is C11H18ClN3. The summed E-state index contributed by atoms with van der Waals surface area (Å²) >= 11 is 0. The van der Waals surface area contributed by atoms with Gasteiger partial charge in [0.15, 0.2) is 0 Å². The maximum absolute atomic E-state index is 4.13. The molecule has 1 aliphatic rings. The highest BCUT2D eigenvalue weighted by molar-refractivity contribution is 5.85. The second-order valence-corrected chi connectivity index (χ2v) is 3.74. The molecule has 0 radical (unpaired) electrons. The minimum atomic E-state index is 0. The number of halogens is 1. The van der Waals surface area contributed by atoms with E-state index in [4.69, 9.17) is 0 Å². The number of hydrogen-bond donors (Lipinski definition) is 1. The fourth-order valence-electron chi connectivity index (χ4n) is 1.81. The van der Waals surface area contributed by atoms with E-state index in [1.807, 2.05) is 18.5 Å². The molecule has 0 aromatic carbocycles. The number of pyridine rings is 1. The first kappa shape index (κ1) is 12.4. The second kappa shape index (κ2) is 6.77. The van der Waals surface area contributed by atoms with Crippen LogP contribution in [0.4, 0.5) is 0 Å². The van der Waals surface area contributed by atoms with E-state index in [1.165, 1.54) is 18.5 Å². The first-order valence-corrected chi connectivity index (χ1v) is 5.27. The van der Waals surface area contributed by atoms with Crippen LogP contribution >= 0.6 is 12.4 Å². The van der Waals surface area contributed by atoms with E-state index in [-0.39, 0.29) is 12.4 Å². The Hall–Kier alpha value is -0.640. The van der Waals surface area contributed by atoms with E-state index in [0.29, 0.717) is 0 Å². The van der Waals surface area contributed by atoms with Crippen molar-refractivity contribution in [3.8, 4) is 0 Å². The highest BCUT2D eigenvalue weighted by Gasteiger charge is 2.08. The molecule has 1 fully saturated rings. The van der Waals surface area contributed by atoms with Gasteiger partial charge in [-0.15, -0.1) is 12.4 Å². The van der Waals surface area contributed by atoms with Gasteiger partial charge >= 0.3 is 0 Å². The van der Waals surface area contributed by atoms with Gasteiger partial charge in [-0.05, 0) is 31.1 Å². The van der Waals surface area contributed by atoms with Gasteiger partial charge in [0.25, 0.3) is 0 Å². The zero-order valence-corrected chi connectivity index (χ0v) is 9.67. The lowest BCUT2D eigenvalue weighted by molar-refractivity contribution is 0.284. The van der Waals surface area contributed by atoms with Gasteiger partial charge in [0, 0.05) is 32.0 Å². The van der Waals surface area contributed by atoms with Crippen molar-refractivity contribution in [2.24, 2.45) is 0 Å². The Morgan fingerprint density at radius 2 is 2.27 bits per heavy atom. The minimum Gasteiger partial charge on any atom is -0.315 e. The predicted molar refractivity (Wildman–Crippen MR) is 64.2 cm³/mol. The SMILES string of the molecule is Cl.c1cncc(CN2CCCNCC2)c1. The molecule has 1 saturated heterocycles. The topological polar surface area (TPSA) is 28.2 Å². The summed E-state index contributed by atoms with van der Waals surface area (Å²) in [5.41, 5.74) is 1.31. The third-order valence-corrected chi connectivity index (χ3v) is 2.56. The Bertz CT molecular complexity index is 258. The molecule has 4 heteroatoms. The average molecular weight is 228 g/mol. The van der Waals surface area contributed by atoms with E-state index >= 15 is 0 Å². The molecule has 0 saturated carbocycles. The number of nitrogens with zero attached hydrogens (tertiary/aromatic N) is 2. The van der Waals surface area contributed by atoms with Gasteiger partial charge < -0.3 is 5.32 Å². The zero-order chi connectivity index (χ0) is 9.64. The smallest absolute Gasteiger partial charge is 0.0312 e. The van der Waals surface area contributed by atoms with Crippen molar-refractivity contribution >= 4 is 12.4 Å². The molecule has 1 aliphatic heterocycles. The van der Waals surface area contributed by atoms with Crippen LogP contribution in [0.25, 0.3) is 0 Å². The first-order chi connectivity index (χ1) is 6.95. The van der Waals surface area contributed by atoms with Crippen molar-refractivity contribution in [1.82, 2.24) is 15.2 Å². The summed E-state index contributed by atoms with van der Waals surface area (Å²) in [6, 6.07) is 4.15. The second-order valence-electron chi connectivity index (χ2n) is 3.74. The Kier molecular flexibility index (Phi) is 5.61. The Morgan fingerprint density at radius 3 is 3.07 bits per heavy atom. The molecule has 0 spiro atoms. The Labute approximate surface area is 97.3 Å². The summed E-state index contributed by atoms with van der Waals surface area (Å²) in [5.74, 6) is 0. The molecule has 1 aromatic heterocycles. The van der Waals surface area contributed by atoms with Crippen molar-refractivity contribution in [2.45, 2.75) is 13.0 Å². The number of rotatable bonds is 2. The van der Waals surface area contributed by atoms with Crippen molar-refractivity contribution in [3.05, 3.63) is 30.1 Å². The first-order valence-electron chi connectivity index (χ1n) is 5.27. The summed E-state index contributed by atoms with van der Waals surface area (Å²) in [7, 11) is 0. The van der Waals surface area contributed by atoms with E-state index in [2.05, 4.69) is 21.3 Å². The van der Waals surface area contributed by atoms with E-state index in [0.717, 1.165) is 26.2 Å². The summed E-state index contributed by atoms with van der Waals surface area (Å²) in [6.45, 7) is 5.65. The normalized spacial score (nSPS) is 17.9. The molecule has 0 bridgehead atoms. The van der Waals surface area contributed by atoms with Gasteiger partial charge in [-0.1, -0.05) is 6.07 Å². The van der Waals surface area contributed by atoms with E-state index in [1.54, 1.807) is 0 Å². The highest BCUT2D eigenvalue weighted by atomic mass is 35.5. The van der Waals surface area contributed by atoms with Gasteiger partial charge in [-0.3, -0.25) is 9.88 Å². The maximum atomic E-state index is 4.13. The molecule has 0 aliphatic carbocycles. The van der Waals surface area contributed by atoms with E-state index < -0.39 is 0 Å². The molecule has 84 valence electrons. The lowest BCUT2D eigenvalue weighted by atomic mass is 10.2. The van der Waals surface area contributed by atoms with Crippen molar-refractivity contribution in [3.63, 3.8) is 0 Å². The lowest BCUT2D eigenvalue weighted by Gasteiger charge is -2.18. The van der Waals surface area contributed by atoms with Gasteiger partial charge in [-0.2, -0.15) is 0 Å². The van der Waals surface area contributed by atoms with E-state index in [9.17, 15) is 0 Å². The number of hydrogen-bond acceptors (Lipinski definition) is 3. The number of aromatic nitrogens is 1. The van der Waals surface area contributed by atoms with Crippen LogP contribution in [0.1, 0.15) is 12.0 Å². The predicted octanol–water partition coefficient (Wildman–Crippen LogP) is 1.30. The molecule has 1 N–H and O–H groups in total. The molecule has 2 heterocycles. The third-order valence-electron chi connectivity index (χ3n) is 2.56. The van der Waals surface area contributed by atoms with Crippen LogP contribution in [0.3, 0.4) is 0 Å². The van der Waals surface area contributed by atoms with Gasteiger partial charge in [-0.25, -0.2) is 0 Å². The van der Waals surface area contributed by atoms with Crippen LogP contribution in [0.5, 0.6) is 0 Å². The van der Waals surface area contributed by atoms with Crippen LogP contribution in [0, 0.1) is 0 Å². The number of nitrogens with one attached hydrogen (secondary N) is 1. The zero-order valence-electron chi connectivity index (χ0n) is 8.85. The summed E-state index contributed by atoms with van der Waals surface area (Å²) in [5, 5.41) is 3.41. The van der Waals surface area contributed by atoms with Crippen LogP contribution in [-0.2, 0) is 6.54 Å². The highest BCUT2D eigenvalue weighted by Crippen LogP contribution is 2.04. The molecule has 0 unspecified atom stereocenters. The van der Waals surface area contributed by atoms with Gasteiger partial charge in [0.1, 0.15) is 0 Å². The molecule has 0 atom stereocenters. The summed E-state index contributed by atoms with van der Waals surface area (Å²) in [6.07, 6.45) is 5.03. The fourth-order valence-corrected chi connectivity index (χ4v) is 1.81. The molecule has 1 aromatic rings. The summed E-state index contributed by atoms with van der Waals surface area (Å²) < 4.78 is 0. The monoisotopic (exact) mass is 227 g/mol. The Balaban J connectivity index is 0.00000112. The molecular weight excluding hydrogens is 210 g/mol. The van der Waals surface area contributed by atoms with Crippen molar-refractivity contribution in [1.29, 1.82) is 0 Å². The molecule has 2 rings (SSSR count). The molecule has 0 amide bonds. The van der Waals surface area contributed by atoms with Gasteiger partial charge in [0.05, 0.1) is 0 Å². The molecule has 15 heavy (non-hydrogen) atoms. The standard InChI is InChI=1S/C11H17N3.ClH/c1-3-11(9-13-4-1)10-14-7-2-5-12-6-8-14;/h1,3-4,9,12H,2,5-8,10H2;1H. The van der Waals surface area contributed by atoms with Crippen LogP contribution in [0.2, 0.25) is 0 Å².